The highest BCUT2D eigenvalue weighted by atomic mass is 16.3. The van der Waals surface area contributed by atoms with Gasteiger partial charge in [0.2, 0.25) is 11.8 Å². The molecule has 130 valence electrons. The summed E-state index contributed by atoms with van der Waals surface area (Å²) in [5.41, 5.74) is 1.35. The van der Waals surface area contributed by atoms with E-state index in [-0.39, 0.29) is 23.8 Å². The van der Waals surface area contributed by atoms with Gasteiger partial charge >= 0.3 is 0 Å². The smallest absolute Gasteiger partial charge is 0.228 e. The molecular formula is C19H26N2O3. The number of carbonyl (C=O) groups is 2. The molecule has 5 heteroatoms. The highest BCUT2D eigenvalue weighted by Crippen LogP contribution is 2.31. The van der Waals surface area contributed by atoms with E-state index in [1.807, 2.05) is 17.9 Å². The van der Waals surface area contributed by atoms with Crippen LogP contribution < -0.4 is 5.32 Å². The highest BCUT2D eigenvalue weighted by Gasteiger charge is 2.47. The maximum atomic E-state index is 12.7. The standard InChI is InChI=1S/C19H26N2O3/c1-12(17-16(13(2)22)18(23)20-17)19(24)21-10-8-15(9-11-21)14-6-4-3-5-7-14/h3-7,12-13,15-17,22H,8-11H2,1-2H3,(H,20,23)/t12-,13-,16-,17-/m1/s1. The molecule has 4 atom stereocenters. The number of hydrogen-bond acceptors (Lipinski definition) is 3. The van der Waals surface area contributed by atoms with E-state index in [4.69, 9.17) is 0 Å². The van der Waals surface area contributed by atoms with Crippen molar-refractivity contribution in [1.29, 1.82) is 0 Å². The summed E-state index contributed by atoms with van der Waals surface area (Å²) >= 11 is 0. The van der Waals surface area contributed by atoms with E-state index >= 15 is 0 Å². The molecule has 24 heavy (non-hydrogen) atoms. The van der Waals surface area contributed by atoms with Crippen molar-refractivity contribution in [2.45, 2.75) is 44.8 Å². The summed E-state index contributed by atoms with van der Waals surface area (Å²) in [5.74, 6) is -0.324. The highest BCUT2D eigenvalue weighted by molar-refractivity contribution is 5.90. The third-order valence-corrected chi connectivity index (χ3v) is 5.52. The molecule has 0 unspecified atom stereocenters. The van der Waals surface area contributed by atoms with Gasteiger partial charge in [0.1, 0.15) is 0 Å². The molecule has 3 rings (SSSR count). The first-order valence-corrected chi connectivity index (χ1v) is 8.81. The first kappa shape index (κ1) is 17.0. The molecule has 0 radical (unpaired) electrons. The van der Waals surface area contributed by atoms with Crippen LogP contribution >= 0.6 is 0 Å². The van der Waals surface area contributed by atoms with Gasteiger partial charge in [-0.15, -0.1) is 0 Å². The zero-order chi connectivity index (χ0) is 17.3. The van der Waals surface area contributed by atoms with Crippen LogP contribution in [0.5, 0.6) is 0 Å². The van der Waals surface area contributed by atoms with E-state index < -0.39 is 12.0 Å². The summed E-state index contributed by atoms with van der Waals surface area (Å²) in [6.07, 6.45) is 1.22. The minimum absolute atomic E-state index is 0.0807. The number of likely N-dealkylation sites (tertiary alicyclic amines) is 1. The van der Waals surface area contributed by atoms with Crippen LogP contribution in [-0.2, 0) is 9.59 Å². The zero-order valence-corrected chi connectivity index (χ0v) is 14.3. The summed E-state index contributed by atoms with van der Waals surface area (Å²) in [5, 5.41) is 12.5. The quantitative estimate of drug-likeness (QED) is 0.823. The van der Waals surface area contributed by atoms with Crippen molar-refractivity contribution in [2.75, 3.05) is 13.1 Å². The Hall–Kier alpha value is -1.88. The zero-order valence-electron chi connectivity index (χ0n) is 14.3. The third kappa shape index (κ3) is 3.18. The lowest BCUT2D eigenvalue weighted by atomic mass is 9.78. The molecule has 0 spiro atoms. The van der Waals surface area contributed by atoms with E-state index in [2.05, 4.69) is 29.6 Å². The second-order valence-electron chi connectivity index (χ2n) is 7.10. The number of benzene rings is 1. The Labute approximate surface area is 143 Å². The third-order valence-electron chi connectivity index (χ3n) is 5.52. The van der Waals surface area contributed by atoms with Gasteiger partial charge in [-0.1, -0.05) is 37.3 Å². The Kier molecular flexibility index (Phi) is 4.90. The Balaban J connectivity index is 1.56. The summed E-state index contributed by atoms with van der Waals surface area (Å²) in [6, 6.07) is 10.2. The van der Waals surface area contributed by atoms with Crippen molar-refractivity contribution in [1.82, 2.24) is 10.2 Å². The van der Waals surface area contributed by atoms with E-state index in [0.29, 0.717) is 5.92 Å². The van der Waals surface area contributed by atoms with Crippen LogP contribution in [0.4, 0.5) is 0 Å². The van der Waals surface area contributed by atoms with Crippen LogP contribution in [0, 0.1) is 11.8 Å². The maximum Gasteiger partial charge on any atom is 0.228 e. The number of β-lactam (4-membered cyclic amide) rings is 1. The van der Waals surface area contributed by atoms with Crippen molar-refractivity contribution in [2.24, 2.45) is 11.8 Å². The number of amides is 2. The number of nitrogens with one attached hydrogen (secondary N) is 1. The van der Waals surface area contributed by atoms with Gasteiger partial charge in [-0.25, -0.2) is 0 Å². The fourth-order valence-electron chi connectivity index (χ4n) is 3.97. The van der Waals surface area contributed by atoms with Crippen molar-refractivity contribution in [3.63, 3.8) is 0 Å². The van der Waals surface area contributed by atoms with E-state index in [1.54, 1.807) is 6.92 Å². The lowest BCUT2D eigenvalue weighted by Gasteiger charge is -2.43. The number of rotatable bonds is 4. The SMILES string of the molecule is C[C@@H](O)[C@H]1C(=O)N[C@@H]1[C@@H](C)C(=O)N1CCC(c2ccccc2)CC1. The van der Waals surface area contributed by atoms with Crippen LogP contribution in [0.25, 0.3) is 0 Å². The lowest BCUT2D eigenvalue weighted by Crippen LogP contribution is -2.66. The Bertz CT molecular complexity index is 594. The molecule has 2 heterocycles. The summed E-state index contributed by atoms with van der Waals surface area (Å²) < 4.78 is 0. The minimum Gasteiger partial charge on any atom is -0.393 e. The lowest BCUT2D eigenvalue weighted by molar-refractivity contribution is -0.148. The van der Waals surface area contributed by atoms with Crippen LogP contribution in [0.2, 0.25) is 0 Å². The predicted molar refractivity (Wildman–Crippen MR) is 91.3 cm³/mol. The molecule has 0 bridgehead atoms. The summed E-state index contributed by atoms with van der Waals surface area (Å²) in [6.45, 7) is 4.97. The summed E-state index contributed by atoms with van der Waals surface area (Å²) in [4.78, 5) is 26.2. The predicted octanol–water partition coefficient (Wildman–Crippen LogP) is 1.52. The molecular weight excluding hydrogens is 304 g/mol. The van der Waals surface area contributed by atoms with Crippen molar-refractivity contribution < 1.29 is 14.7 Å². The minimum atomic E-state index is -0.720. The molecule has 2 amide bonds. The van der Waals surface area contributed by atoms with Gasteiger partial charge in [0.25, 0.3) is 0 Å². The van der Waals surface area contributed by atoms with E-state index in [9.17, 15) is 14.7 Å². The molecule has 1 aromatic rings. The van der Waals surface area contributed by atoms with Gasteiger partial charge in [0, 0.05) is 13.1 Å². The second-order valence-corrected chi connectivity index (χ2v) is 7.10. The molecule has 5 nitrogen and oxygen atoms in total. The first-order chi connectivity index (χ1) is 11.5. The molecule has 2 N–H and O–H groups in total. The average Bonchev–Trinajstić information content (AvgIpc) is 2.58. The number of hydrogen-bond donors (Lipinski definition) is 2. The largest absolute Gasteiger partial charge is 0.393 e. The van der Waals surface area contributed by atoms with Crippen molar-refractivity contribution >= 4 is 11.8 Å². The molecule has 0 aromatic heterocycles. The molecule has 1 aromatic carbocycles. The van der Waals surface area contributed by atoms with Gasteiger partial charge in [0.05, 0.1) is 24.0 Å². The van der Waals surface area contributed by atoms with Crippen LogP contribution in [0.15, 0.2) is 30.3 Å². The Morgan fingerprint density at radius 2 is 1.83 bits per heavy atom. The van der Waals surface area contributed by atoms with E-state index in [1.165, 1.54) is 5.56 Å². The van der Waals surface area contributed by atoms with Gasteiger partial charge < -0.3 is 15.3 Å². The monoisotopic (exact) mass is 330 g/mol. The summed E-state index contributed by atoms with van der Waals surface area (Å²) in [7, 11) is 0. The normalized spacial score (nSPS) is 27.1. The van der Waals surface area contributed by atoms with Crippen LogP contribution in [0.3, 0.4) is 0 Å². The van der Waals surface area contributed by atoms with Crippen molar-refractivity contribution in [3.05, 3.63) is 35.9 Å². The Morgan fingerprint density at radius 3 is 2.38 bits per heavy atom. The molecule has 2 aliphatic heterocycles. The van der Waals surface area contributed by atoms with Crippen LogP contribution in [-0.4, -0.2) is 47.1 Å². The second kappa shape index (κ2) is 6.93. The number of aliphatic hydroxyl groups excluding tert-OH is 1. The van der Waals surface area contributed by atoms with Gasteiger partial charge in [-0.3, -0.25) is 9.59 Å². The van der Waals surface area contributed by atoms with Gasteiger partial charge in [-0.2, -0.15) is 0 Å². The van der Waals surface area contributed by atoms with Gasteiger partial charge in [-0.05, 0) is 31.2 Å². The molecule has 2 aliphatic rings. The molecule has 2 saturated heterocycles. The number of aliphatic hydroxyl groups is 1. The number of piperidine rings is 1. The fraction of sp³-hybridized carbons (Fsp3) is 0.579. The fourth-order valence-corrected chi connectivity index (χ4v) is 3.97. The molecule has 0 aliphatic carbocycles. The Morgan fingerprint density at radius 1 is 1.21 bits per heavy atom. The molecule has 2 fully saturated rings. The maximum absolute atomic E-state index is 12.7. The average molecular weight is 330 g/mol. The number of carbonyl (C=O) groups excluding carboxylic acids is 2. The van der Waals surface area contributed by atoms with Crippen molar-refractivity contribution in [3.8, 4) is 0 Å². The number of nitrogens with zero attached hydrogens (tertiary/aromatic N) is 1. The molecule has 0 saturated carbocycles. The first-order valence-electron chi connectivity index (χ1n) is 8.81. The van der Waals surface area contributed by atoms with Crippen LogP contribution in [0.1, 0.15) is 38.2 Å². The topological polar surface area (TPSA) is 69.6 Å². The van der Waals surface area contributed by atoms with Gasteiger partial charge in [0.15, 0.2) is 0 Å². The van der Waals surface area contributed by atoms with E-state index in [0.717, 1.165) is 25.9 Å².